The molecule has 0 aliphatic carbocycles. The van der Waals surface area contributed by atoms with Gasteiger partial charge in [-0.2, -0.15) is 0 Å². The summed E-state index contributed by atoms with van der Waals surface area (Å²) in [6.45, 7) is 0.849. The lowest BCUT2D eigenvalue weighted by atomic mass is 10.2. The van der Waals surface area contributed by atoms with Crippen LogP contribution in [0.25, 0.3) is 0 Å². The molecule has 1 aromatic carbocycles. The minimum absolute atomic E-state index is 0.269. The van der Waals surface area contributed by atoms with E-state index in [0.717, 1.165) is 0 Å². The standard InChI is InChI=1S/C16H19ClN4O4/c1-23-5-4-18-15(22)10-8-19-16(20-9-10)21-12-7-13(24-2)11(17)6-14(12)25-3/h6-9H,4-5H2,1-3H3,(H,18,22)(H,19,20,21). The monoisotopic (exact) mass is 366 g/mol. The molecule has 1 amide bonds. The molecule has 0 unspecified atom stereocenters. The largest absolute Gasteiger partial charge is 0.495 e. The topological polar surface area (TPSA) is 94.6 Å². The first kappa shape index (κ1) is 18.8. The van der Waals surface area contributed by atoms with Gasteiger partial charge in [0.25, 0.3) is 5.91 Å². The molecule has 1 heterocycles. The van der Waals surface area contributed by atoms with Gasteiger partial charge in [-0.15, -0.1) is 0 Å². The molecule has 2 aromatic rings. The number of hydrogen-bond acceptors (Lipinski definition) is 7. The number of nitrogens with one attached hydrogen (secondary N) is 2. The van der Waals surface area contributed by atoms with E-state index in [1.807, 2.05) is 0 Å². The molecule has 25 heavy (non-hydrogen) atoms. The van der Waals surface area contributed by atoms with Gasteiger partial charge in [-0.25, -0.2) is 9.97 Å². The second kappa shape index (κ2) is 9.05. The van der Waals surface area contributed by atoms with Gasteiger partial charge in [-0.3, -0.25) is 4.79 Å². The maximum atomic E-state index is 11.9. The minimum Gasteiger partial charge on any atom is -0.495 e. The molecule has 0 radical (unpaired) electrons. The fourth-order valence-corrected chi connectivity index (χ4v) is 2.19. The molecule has 0 aliphatic rings. The number of amides is 1. The van der Waals surface area contributed by atoms with Crippen LogP contribution in [-0.4, -0.2) is 50.4 Å². The summed E-state index contributed by atoms with van der Waals surface area (Å²) in [6, 6.07) is 3.30. The van der Waals surface area contributed by atoms with Gasteiger partial charge in [-0.05, 0) is 0 Å². The number of benzene rings is 1. The van der Waals surface area contributed by atoms with Crippen molar-refractivity contribution in [3.63, 3.8) is 0 Å². The number of anilines is 2. The van der Waals surface area contributed by atoms with Gasteiger partial charge >= 0.3 is 0 Å². The van der Waals surface area contributed by atoms with Gasteiger partial charge < -0.3 is 24.8 Å². The predicted molar refractivity (Wildman–Crippen MR) is 94.1 cm³/mol. The maximum absolute atomic E-state index is 11.9. The molecule has 0 atom stereocenters. The summed E-state index contributed by atoms with van der Waals surface area (Å²) in [5.74, 6) is 1.03. The van der Waals surface area contributed by atoms with Crippen molar-refractivity contribution in [1.29, 1.82) is 0 Å². The Morgan fingerprint density at radius 1 is 1.12 bits per heavy atom. The third-order valence-corrected chi connectivity index (χ3v) is 3.52. The number of nitrogens with zero attached hydrogens (tertiary/aromatic N) is 2. The Hall–Kier alpha value is -2.58. The zero-order valence-electron chi connectivity index (χ0n) is 14.1. The third-order valence-electron chi connectivity index (χ3n) is 3.23. The lowest BCUT2D eigenvalue weighted by Crippen LogP contribution is -2.27. The van der Waals surface area contributed by atoms with Crippen LogP contribution in [0.1, 0.15) is 10.4 Å². The molecule has 0 bridgehead atoms. The van der Waals surface area contributed by atoms with Crippen LogP contribution in [0.3, 0.4) is 0 Å². The average Bonchev–Trinajstić information content (AvgIpc) is 2.63. The van der Waals surface area contributed by atoms with E-state index in [-0.39, 0.29) is 5.91 Å². The lowest BCUT2D eigenvalue weighted by molar-refractivity contribution is 0.0936. The van der Waals surface area contributed by atoms with Crippen molar-refractivity contribution in [2.75, 3.05) is 39.8 Å². The Bertz CT molecular complexity index is 725. The lowest BCUT2D eigenvalue weighted by Gasteiger charge is -2.13. The van der Waals surface area contributed by atoms with Crippen LogP contribution in [0.4, 0.5) is 11.6 Å². The van der Waals surface area contributed by atoms with Crippen molar-refractivity contribution in [2.24, 2.45) is 0 Å². The Morgan fingerprint density at radius 3 is 2.40 bits per heavy atom. The maximum Gasteiger partial charge on any atom is 0.254 e. The van der Waals surface area contributed by atoms with Crippen LogP contribution < -0.4 is 20.1 Å². The number of carbonyl (C=O) groups is 1. The SMILES string of the molecule is COCCNC(=O)c1cnc(Nc2cc(OC)c(Cl)cc2OC)nc1. The van der Waals surface area contributed by atoms with E-state index in [4.69, 9.17) is 25.8 Å². The summed E-state index contributed by atoms with van der Waals surface area (Å²) in [6.07, 6.45) is 2.86. The first-order chi connectivity index (χ1) is 12.1. The van der Waals surface area contributed by atoms with Gasteiger partial charge in [0.2, 0.25) is 5.95 Å². The summed E-state index contributed by atoms with van der Waals surface area (Å²) in [5, 5.41) is 6.12. The molecule has 0 aliphatic heterocycles. The van der Waals surface area contributed by atoms with Crippen LogP contribution >= 0.6 is 11.6 Å². The highest BCUT2D eigenvalue weighted by Gasteiger charge is 2.12. The number of ether oxygens (including phenoxy) is 3. The molecule has 1 aromatic heterocycles. The highest BCUT2D eigenvalue weighted by molar-refractivity contribution is 6.32. The molecule has 0 fully saturated rings. The third kappa shape index (κ3) is 4.94. The van der Waals surface area contributed by atoms with E-state index in [1.165, 1.54) is 26.6 Å². The Morgan fingerprint density at radius 2 is 1.80 bits per heavy atom. The molecule has 8 nitrogen and oxygen atoms in total. The quantitative estimate of drug-likeness (QED) is 0.692. The van der Waals surface area contributed by atoms with Crippen molar-refractivity contribution in [3.05, 3.63) is 35.1 Å². The van der Waals surface area contributed by atoms with Crippen molar-refractivity contribution in [1.82, 2.24) is 15.3 Å². The summed E-state index contributed by atoms with van der Waals surface area (Å²) in [4.78, 5) is 20.2. The number of aromatic nitrogens is 2. The number of halogens is 1. The Labute approximate surface area is 150 Å². The fourth-order valence-electron chi connectivity index (χ4n) is 1.96. The first-order valence-electron chi connectivity index (χ1n) is 7.36. The van der Waals surface area contributed by atoms with Crippen molar-refractivity contribution in [2.45, 2.75) is 0 Å². The van der Waals surface area contributed by atoms with Gasteiger partial charge in [0, 0.05) is 38.2 Å². The second-order valence-corrected chi connectivity index (χ2v) is 5.26. The van der Waals surface area contributed by atoms with E-state index in [2.05, 4.69) is 20.6 Å². The van der Waals surface area contributed by atoms with E-state index >= 15 is 0 Å². The van der Waals surface area contributed by atoms with Crippen LogP contribution in [0, 0.1) is 0 Å². The molecule has 2 N–H and O–H groups in total. The van der Waals surface area contributed by atoms with E-state index < -0.39 is 0 Å². The molecule has 0 saturated carbocycles. The number of hydrogen-bond donors (Lipinski definition) is 2. The molecule has 0 saturated heterocycles. The molecule has 9 heteroatoms. The van der Waals surface area contributed by atoms with E-state index in [1.54, 1.807) is 19.2 Å². The molecule has 2 rings (SSSR count). The van der Waals surface area contributed by atoms with Crippen LogP contribution in [-0.2, 0) is 4.74 Å². The van der Waals surface area contributed by atoms with Gasteiger partial charge in [0.15, 0.2) is 0 Å². The summed E-state index contributed by atoms with van der Waals surface area (Å²) >= 11 is 6.07. The number of carbonyl (C=O) groups excluding carboxylic acids is 1. The smallest absolute Gasteiger partial charge is 0.254 e. The summed E-state index contributed by atoms with van der Waals surface area (Å²) in [5.41, 5.74) is 0.934. The highest BCUT2D eigenvalue weighted by Crippen LogP contribution is 2.36. The van der Waals surface area contributed by atoms with E-state index in [9.17, 15) is 4.79 Å². The van der Waals surface area contributed by atoms with Gasteiger partial charge in [-0.1, -0.05) is 11.6 Å². The highest BCUT2D eigenvalue weighted by atomic mass is 35.5. The molecule has 134 valence electrons. The Kier molecular flexibility index (Phi) is 6.79. The first-order valence-corrected chi connectivity index (χ1v) is 7.74. The van der Waals surface area contributed by atoms with E-state index in [0.29, 0.717) is 46.9 Å². The van der Waals surface area contributed by atoms with Crippen molar-refractivity contribution >= 4 is 29.1 Å². The van der Waals surface area contributed by atoms with Crippen LogP contribution in [0.15, 0.2) is 24.5 Å². The van der Waals surface area contributed by atoms with Gasteiger partial charge in [0.05, 0.1) is 37.1 Å². The van der Waals surface area contributed by atoms with Crippen LogP contribution in [0.2, 0.25) is 5.02 Å². The molecular formula is C16H19ClN4O4. The minimum atomic E-state index is -0.269. The second-order valence-electron chi connectivity index (χ2n) is 4.86. The molecular weight excluding hydrogens is 348 g/mol. The number of rotatable bonds is 8. The zero-order valence-corrected chi connectivity index (χ0v) is 14.9. The number of methoxy groups -OCH3 is 3. The van der Waals surface area contributed by atoms with Crippen LogP contribution in [0.5, 0.6) is 11.5 Å². The van der Waals surface area contributed by atoms with Gasteiger partial charge in [0.1, 0.15) is 11.5 Å². The van der Waals surface area contributed by atoms with Crippen molar-refractivity contribution < 1.29 is 19.0 Å². The zero-order chi connectivity index (χ0) is 18.2. The Balaban J connectivity index is 2.12. The summed E-state index contributed by atoms with van der Waals surface area (Å²) < 4.78 is 15.3. The normalized spacial score (nSPS) is 10.2. The predicted octanol–water partition coefficient (Wildman–Crippen LogP) is 2.27. The van der Waals surface area contributed by atoms with Crippen molar-refractivity contribution in [3.8, 4) is 11.5 Å². The average molecular weight is 367 g/mol. The fraction of sp³-hybridized carbons (Fsp3) is 0.312. The molecule has 0 spiro atoms. The summed E-state index contributed by atoms with van der Waals surface area (Å²) in [7, 11) is 4.61.